The van der Waals surface area contributed by atoms with Crippen LogP contribution in [0.5, 0.6) is 0 Å². The molecular formula is C11H12N6. The van der Waals surface area contributed by atoms with Gasteiger partial charge in [-0.1, -0.05) is 5.21 Å². The Kier molecular flexibility index (Phi) is 3.65. The first-order valence-corrected chi connectivity index (χ1v) is 5.33. The molecule has 0 aliphatic heterocycles. The summed E-state index contributed by atoms with van der Waals surface area (Å²) in [5.74, 6) is 0.633. The van der Waals surface area contributed by atoms with E-state index in [1.165, 1.54) is 0 Å². The summed E-state index contributed by atoms with van der Waals surface area (Å²) in [5.41, 5.74) is 0.563. The van der Waals surface area contributed by atoms with Gasteiger partial charge in [0, 0.05) is 25.5 Å². The van der Waals surface area contributed by atoms with E-state index < -0.39 is 0 Å². The van der Waals surface area contributed by atoms with Crippen LogP contribution in [0.4, 0.5) is 5.82 Å². The highest BCUT2D eigenvalue weighted by molar-refractivity contribution is 5.50. The minimum Gasteiger partial charge on any atom is -0.369 e. The summed E-state index contributed by atoms with van der Waals surface area (Å²) in [4.78, 5) is 4.12. The molecule has 17 heavy (non-hydrogen) atoms. The maximum Gasteiger partial charge on any atom is 0.143 e. The maximum atomic E-state index is 8.87. The normalized spacial score (nSPS) is 9.82. The number of aryl methyl sites for hydroxylation is 1. The minimum absolute atomic E-state index is 0.563. The molecule has 0 aliphatic carbocycles. The summed E-state index contributed by atoms with van der Waals surface area (Å²) in [7, 11) is 0. The zero-order chi connectivity index (χ0) is 11.9. The van der Waals surface area contributed by atoms with E-state index in [9.17, 15) is 0 Å². The maximum absolute atomic E-state index is 8.87. The third-order valence-corrected chi connectivity index (χ3v) is 2.26. The summed E-state index contributed by atoms with van der Waals surface area (Å²) >= 11 is 0. The van der Waals surface area contributed by atoms with Crippen molar-refractivity contribution in [2.24, 2.45) is 0 Å². The van der Waals surface area contributed by atoms with Gasteiger partial charge in [0.1, 0.15) is 11.9 Å². The van der Waals surface area contributed by atoms with Gasteiger partial charge in [-0.05, 0) is 18.6 Å². The molecule has 2 rings (SSSR count). The molecule has 0 unspecified atom stereocenters. The second kappa shape index (κ2) is 5.61. The number of rotatable bonds is 5. The second-order valence-corrected chi connectivity index (χ2v) is 3.46. The molecule has 6 heteroatoms. The molecular weight excluding hydrogens is 216 g/mol. The number of aromatic nitrogens is 4. The molecule has 0 atom stereocenters. The predicted octanol–water partition coefficient (Wildman–Crippen LogP) is 1.05. The SMILES string of the molecule is N#Cc1cccnc1NCCCn1ccnn1. The molecule has 0 radical (unpaired) electrons. The molecule has 6 nitrogen and oxygen atoms in total. The van der Waals surface area contributed by atoms with Crippen LogP contribution in [0, 0.1) is 11.3 Å². The zero-order valence-corrected chi connectivity index (χ0v) is 9.24. The first-order chi connectivity index (χ1) is 8.40. The molecule has 0 aromatic carbocycles. The second-order valence-electron chi connectivity index (χ2n) is 3.46. The fraction of sp³-hybridized carbons (Fsp3) is 0.273. The summed E-state index contributed by atoms with van der Waals surface area (Å²) < 4.78 is 1.77. The van der Waals surface area contributed by atoms with Crippen LogP contribution < -0.4 is 5.32 Å². The Morgan fingerprint density at radius 2 is 2.35 bits per heavy atom. The number of nitrogens with zero attached hydrogens (tertiary/aromatic N) is 5. The molecule has 0 spiro atoms. The summed E-state index contributed by atoms with van der Waals surface area (Å²) in [6.45, 7) is 1.53. The number of anilines is 1. The molecule has 86 valence electrons. The van der Waals surface area contributed by atoms with Gasteiger partial charge in [-0.25, -0.2) is 4.98 Å². The predicted molar refractivity (Wildman–Crippen MR) is 62.1 cm³/mol. The Morgan fingerprint density at radius 3 is 3.12 bits per heavy atom. The van der Waals surface area contributed by atoms with Crippen molar-refractivity contribution in [3.8, 4) is 6.07 Å². The van der Waals surface area contributed by atoms with Gasteiger partial charge in [0.2, 0.25) is 0 Å². The van der Waals surface area contributed by atoms with Crippen LogP contribution in [-0.4, -0.2) is 26.5 Å². The van der Waals surface area contributed by atoms with Crippen molar-refractivity contribution in [1.29, 1.82) is 5.26 Å². The lowest BCUT2D eigenvalue weighted by molar-refractivity contribution is 0.569. The molecule has 1 N–H and O–H groups in total. The number of nitriles is 1. The molecule has 0 saturated heterocycles. The van der Waals surface area contributed by atoms with Crippen LogP contribution in [0.25, 0.3) is 0 Å². The van der Waals surface area contributed by atoms with Crippen LogP contribution >= 0.6 is 0 Å². The van der Waals surface area contributed by atoms with E-state index in [1.54, 1.807) is 29.2 Å². The van der Waals surface area contributed by atoms with Gasteiger partial charge in [0.15, 0.2) is 0 Å². The Balaban J connectivity index is 1.80. The number of hydrogen-bond donors (Lipinski definition) is 1. The van der Waals surface area contributed by atoms with Crippen molar-refractivity contribution >= 4 is 5.82 Å². The van der Waals surface area contributed by atoms with Crippen LogP contribution in [0.1, 0.15) is 12.0 Å². The van der Waals surface area contributed by atoms with E-state index in [1.807, 2.05) is 6.20 Å². The topological polar surface area (TPSA) is 79.4 Å². The quantitative estimate of drug-likeness (QED) is 0.774. The average Bonchev–Trinajstić information content (AvgIpc) is 2.88. The van der Waals surface area contributed by atoms with Gasteiger partial charge in [-0.15, -0.1) is 5.10 Å². The molecule has 2 heterocycles. The van der Waals surface area contributed by atoms with Gasteiger partial charge in [-0.3, -0.25) is 4.68 Å². The number of hydrogen-bond acceptors (Lipinski definition) is 5. The van der Waals surface area contributed by atoms with E-state index in [2.05, 4.69) is 26.7 Å². The Labute approximate surface area is 98.9 Å². The van der Waals surface area contributed by atoms with Gasteiger partial charge in [-0.2, -0.15) is 5.26 Å². The van der Waals surface area contributed by atoms with E-state index in [-0.39, 0.29) is 0 Å². The van der Waals surface area contributed by atoms with Crippen LogP contribution in [0.2, 0.25) is 0 Å². The lowest BCUT2D eigenvalue weighted by Crippen LogP contribution is -2.09. The van der Waals surface area contributed by atoms with E-state index in [0.717, 1.165) is 19.5 Å². The first-order valence-electron chi connectivity index (χ1n) is 5.33. The summed E-state index contributed by atoms with van der Waals surface area (Å²) in [5, 5.41) is 19.6. The van der Waals surface area contributed by atoms with Crippen molar-refractivity contribution in [2.45, 2.75) is 13.0 Å². The lowest BCUT2D eigenvalue weighted by Gasteiger charge is -2.06. The fourth-order valence-electron chi connectivity index (χ4n) is 1.44. The molecule has 2 aromatic rings. The largest absolute Gasteiger partial charge is 0.369 e. The first kappa shape index (κ1) is 11.1. The van der Waals surface area contributed by atoms with Crippen LogP contribution in [0.3, 0.4) is 0 Å². The number of nitrogens with one attached hydrogen (secondary N) is 1. The third-order valence-electron chi connectivity index (χ3n) is 2.26. The third kappa shape index (κ3) is 3.01. The Hall–Kier alpha value is -2.42. The molecule has 0 bridgehead atoms. The fourth-order valence-corrected chi connectivity index (χ4v) is 1.44. The standard InChI is InChI=1S/C11H12N6/c12-9-10-3-1-4-13-11(10)14-5-2-7-17-8-6-15-16-17/h1,3-4,6,8H,2,5,7H2,(H,13,14). The molecule has 0 saturated carbocycles. The van der Waals surface area contributed by atoms with Crippen LogP contribution in [-0.2, 0) is 6.54 Å². The van der Waals surface area contributed by atoms with Crippen molar-refractivity contribution in [3.05, 3.63) is 36.3 Å². The molecule has 2 aromatic heterocycles. The van der Waals surface area contributed by atoms with Gasteiger partial charge >= 0.3 is 0 Å². The summed E-state index contributed by atoms with van der Waals surface area (Å²) in [6, 6.07) is 5.59. The van der Waals surface area contributed by atoms with Gasteiger partial charge in [0.25, 0.3) is 0 Å². The van der Waals surface area contributed by atoms with Crippen LogP contribution in [0.15, 0.2) is 30.7 Å². The van der Waals surface area contributed by atoms with E-state index in [0.29, 0.717) is 11.4 Å². The number of pyridine rings is 1. The van der Waals surface area contributed by atoms with Crippen molar-refractivity contribution in [2.75, 3.05) is 11.9 Å². The van der Waals surface area contributed by atoms with E-state index >= 15 is 0 Å². The van der Waals surface area contributed by atoms with Crippen molar-refractivity contribution in [1.82, 2.24) is 20.0 Å². The van der Waals surface area contributed by atoms with Crippen molar-refractivity contribution in [3.63, 3.8) is 0 Å². The highest BCUT2D eigenvalue weighted by atomic mass is 15.4. The summed E-state index contributed by atoms with van der Waals surface area (Å²) in [6.07, 6.45) is 6.03. The molecule has 0 aliphatic rings. The Morgan fingerprint density at radius 1 is 1.41 bits per heavy atom. The minimum atomic E-state index is 0.563. The molecule has 0 fully saturated rings. The average molecular weight is 228 g/mol. The van der Waals surface area contributed by atoms with E-state index in [4.69, 9.17) is 5.26 Å². The van der Waals surface area contributed by atoms with Gasteiger partial charge in [0.05, 0.1) is 11.8 Å². The molecule has 0 amide bonds. The highest BCUT2D eigenvalue weighted by Gasteiger charge is 2.00. The Bertz CT molecular complexity index is 499. The van der Waals surface area contributed by atoms with Gasteiger partial charge < -0.3 is 5.32 Å². The lowest BCUT2D eigenvalue weighted by atomic mass is 10.3. The smallest absolute Gasteiger partial charge is 0.143 e. The zero-order valence-electron chi connectivity index (χ0n) is 9.24. The highest BCUT2D eigenvalue weighted by Crippen LogP contribution is 2.09. The monoisotopic (exact) mass is 228 g/mol. The van der Waals surface area contributed by atoms with Crippen molar-refractivity contribution < 1.29 is 0 Å².